The Morgan fingerprint density at radius 3 is 2.52 bits per heavy atom. The number of hydrogen-bond donors (Lipinski definition) is 1. The Morgan fingerprint density at radius 2 is 1.83 bits per heavy atom. The number of rotatable bonds is 3. The Bertz CT molecular complexity index is 829. The van der Waals surface area contributed by atoms with Crippen LogP contribution in [0.4, 0.5) is 18.9 Å². The number of alkyl halides is 3. The molecule has 1 aromatic carbocycles. The van der Waals surface area contributed by atoms with E-state index in [9.17, 15) is 18.0 Å². The van der Waals surface area contributed by atoms with E-state index in [1.165, 1.54) is 12.1 Å². The second kappa shape index (κ2) is 8.10. The summed E-state index contributed by atoms with van der Waals surface area (Å²) in [6, 6.07) is 9.45. The van der Waals surface area contributed by atoms with E-state index in [0.29, 0.717) is 37.1 Å². The minimum absolute atomic E-state index is 0.0299. The number of nitrogens with one attached hydrogen (secondary N) is 1. The summed E-state index contributed by atoms with van der Waals surface area (Å²) in [5, 5.41) is 0. The number of aromatic nitrogens is 1. The molecule has 2 fully saturated rings. The fourth-order valence-electron chi connectivity index (χ4n) is 4.30. The summed E-state index contributed by atoms with van der Waals surface area (Å²) in [5.74, 6) is 0.0299. The standard InChI is InChI=1S/C21H25F3N4O/c22-21(23,24)16-4-1-5-17(14-16)26-10-12-27(13-11-26)18-6-3-9-28(15-18)20(29)19-7-2-8-25-19/h1-2,4-5,7-8,14,18,25H,3,6,9-13,15H2/t18-/m1/s1. The van der Waals surface area contributed by atoms with E-state index in [1.807, 2.05) is 15.9 Å². The Labute approximate surface area is 168 Å². The number of amides is 1. The van der Waals surface area contributed by atoms with Crippen LogP contribution in [0.15, 0.2) is 42.6 Å². The fourth-order valence-corrected chi connectivity index (χ4v) is 4.30. The highest BCUT2D eigenvalue weighted by Gasteiger charge is 2.33. The lowest BCUT2D eigenvalue weighted by atomic mass is 10.0. The van der Waals surface area contributed by atoms with Gasteiger partial charge < -0.3 is 14.8 Å². The number of H-pyrrole nitrogens is 1. The van der Waals surface area contributed by atoms with E-state index >= 15 is 0 Å². The van der Waals surface area contributed by atoms with Gasteiger partial charge in [0.1, 0.15) is 5.69 Å². The molecule has 2 saturated heterocycles. The van der Waals surface area contributed by atoms with Crippen LogP contribution >= 0.6 is 0 Å². The lowest BCUT2D eigenvalue weighted by Crippen LogP contribution is -2.56. The average molecular weight is 406 g/mol. The minimum Gasteiger partial charge on any atom is -0.369 e. The number of carbonyl (C=O) groups excluding carboxylic acids is 1. The average Bonchev–Trinajstić information content (AvgIpc) is 3.28. The molecule has 1 amide bonds. The van der Waals surface area contributed by atoms with Crippen molar-refractivity contribution in [3.8, 4) is 0 Å². The van der Waals surface area contributed by atoms with Crippen molar-refractivity contribution in [1.82, 2.24) is 14.8 Å². The Kier molecular flexibility index (Phi) is 5.54. The number of piperazine rings is 1. The van der Waals surface area contributed by atoms with Gasteiger partial charge in [-0.05, 0) is 43.2 Å². The van der Waals surface area contributed by atoms with Crippen LogP contribution in [0.5, 0.6) is 0 Å². The molecule has 0 spiro atoms. The first-order valence-electron chi connectivity index (χ1n) is 10.0. The van der Waals surface area contributed by atoms with Crippen LogP contribution in [-0.2, 0) is 6.18 Å². The van der Waals surface area contributed by atoms with E-state index in [1.54, 1.807) is 18.3 Å². The first-order valence-corrected chi connectivity index (χ1v) is 10.0. The van der Waals surface area contributed by atoms with Crippen LogP contribution in [0, 0.1) is 0 Å². The van der Waals surface area contributed by atoms with Gasteiger partial charge in [0.15, 0.2) is 0 Å². The van der Waals surface area contributed by atoms with Gasteiger partial charge in [0, 0.05) is 57.2 Å². The Hall–Kier alpha value is -2.48. The predicted molar refractivity (Wildman–Crippen MR) is 105 cm³/mol. The molecule has 0 radical (unpaired) electrons. The number of nitrogens with zero attached hydrogens (tertiary/aromatic N) is 3. The third-order valence-corrected chi connectivity index (χ3v) is 5.88. The molecule has 0 unspecified atom stereocenters. The summed E-state index contributed by atoms with van der Waals surface area (Å²) in [6.45, 7) is 4.39. The van der Waals surface area contributed by atoms with Crippen molar-refractivity contribution >= 4 is 11.6 Å². The maximum Gasteiger partial charge on any atom is 0.416 e. The first-order chi connectivity index (χ1) is 13.9. The smallest absolute Gasteiger partial charge is 0.369 e. The van der Waals surface area contributed by atoms with Gasteiger partial charge in [-0.2, -0.15) is 13.2 Å². The maximum atomic E-state index is 13.0. The predicted octanol–water partition coefficient (Wildman–Crippen LogP) is 3.46. The summed E-state index contributed by atoms with van der Waals surface area (Å²) >= 11 is 0. The molecule has 1 N–H and O–H groups in total. The summed E-state index contributed by atoms with van der Waals surface area (Å²) in [5.41, 5.74) is 0.620. The highest BCUT2D eigenvalue weighted by Crippen LogP contribution is 2.32. The van der Waals surface area contributed by atoms with Gasteiger partial charge in [-0.3, -0.25) is 9.69 Å². The molecule has 2 aliphatic heterocycles. The second-order valence-corrected chi connectivity index (χ2v) is 7.70. The van der Waals surface area contributed by atoms with Gasteiger partial charge in [0.05, 0.1) is 5.56 Å². The van der Waals surface area contributed by atoms with Gasteiger partial charge in [0.25, 0.3) is 5.91 Å². The molecule has 3 heterocycles. The van der Waals surface area contributed by atoms with Crippen molar-refractivity contribution in [3.63, 3.8) is 0 Å². The van der Waals surface area contributed by atoms with Gasteiger partial charge in [0.2, 0.25) is 0 Å². The topological polar surface area (TPSA) is 42.6 Å². The molecule has 0 saturated carbocycles. The third-order valence-electron chi connectivity index (χ3n) is 5.88. The molecular weight excluding hydrogens is 381 g/mol. The highest BCUT2D eigenvalue weighted by atomic mass is 19.4. The maximum absolute atomic E-state index is 13.0. The van der Waals surface area contributed by atoms with Crippen LogP contribution in [-0.4, -0.2) is 66.0 Å². The minimum atomic E-state index is -4.32. The number of piperidine rings is 1. The third kappa shape index (κ3) is 4.42. The molecule has 2 aliphatic rings. The quantitative estimate of drug-likeness (QED) is 0.849. The molecule has 1 aromatic heterocycles. The van der Waals surface area contributed by atoms with Crippen molar-refractivity contribution in [2.24, 2.45) is 0 Å². The van der Waals surface area contributed by atoms with Crippen molar-refractivity contribution in [1.29, 1.82) is 0 Å². The van der Waals surface area contributed by atoms with Crippen molar-refractivity contribution < 1.29 is 18.0 Å². The lowest BCUT2D eigenvalue weighted by Gasteiger charge is -2.44. The van der Waals surface area contributed by atoms with E-state index in [4.69, 9.17) is 0 Å². The molecule has 5 nitrogen and oxygen atoms in total. The number of likely N-dealkylation sites (tertiary alicyclic amines) is 1. The van der Waals surface area contributed by atoms with Crippen LogP contribution in [0.2, 0.25) is 0 Å². The molecule has 0 aliphatic carbocycles. The molecule has 4 rings (SSSR count). The molecule has 0 bridgehead atoms. The van der Waals surface area contributed by atoms with Crippen molar-refractivity contribution in [2.45, 2.75) is 25.1 Å². The SMILES string of the molecule is O=C(c1ccc[nH]1)N1CCC[C@@H](N2CCN(c3cccc(C(F)(F)F)c3)CC2)C1. The highest BCUT2D eigenvalue weighted by molar-refractivity contribution is 5.92. The number of aromatic amines is 1. The van der Waals surface area contributed by atoms with Crippen LogP contribution < -0.4 is 4.90 Å². The molecule has 2 aromatic rings. The monoisotopic (exact) mass is 406 g/mol. The second-order valence-electron chi connectivity index (χ2n) is 7.70. The zero-order valence-corrected chi connectivity index (χ0v) is 16.2. The van der Waals surface area contributed by atoms with Crippen molar-refractivity contribution in [2.75, 3.05) is 44.2 Å². The molecule has 8 heteroatoms. The molecule has 1 atom stereocenters. The van der Waals surface area contributed by atoms with Gasteiger partial charge in [-0.25, -0.2) is 0 Å². The number of hydrogen-bond acceptors (Lipinski definition) is 3. The number of carbonyl (C=O) groups is 1. The molecular formula is C21H25F3N4O. The molecule has 29 heavy (non-hydrogen) atoms. The zero-order valence-electron chi connectivity index (χ0n) is 16.2. The molecule has 156 valence electrons. The Morgan fingerprint density at radius 1 is 1.03 bits per heavy atom. The van der Waals surface area contributed by atoms with E-state index in [0.717, 1.165) is 38.5 Å². The number of benzene rings is 1. The van der Waals surface area contributed by atoms with Crippen molar-refractivity contribution in [3.05, 3.63) is 53.9 Å². The first kappa shape index (κ1) is 19.8. The van der Waals surface area contributed by atoms with E-state index in [-0.39, 0.29) is 5.91 Å². The van der Waals surface area contributed by atoms with E-state index < -0.39 is 11.7 Å². The summed E-state index contributed by atoms with van der Waals surface area (Å²) < 4.78 is 38.9. The Balaban J connectivity index is 1.35. The van der Waals surface area contributed by atoms with Gasteiger partial charge >= 0.3 is 6.18 Å². The van der Waals surface area contributed by atoms with Crippen LogP contribution in [0.25, 0.3) is 0 Å². The van der Waals surface area contributed by atoms with Crippen LogP contribution in [0.1, 0.15) is 28.9 Å². The largest absolute Gasteiger partial charge is 0.416 e. The van der Waals surface area contributed by atoms with Gasteiger partial charge in [-0.15, -0.1) is 0 Å². The number of anilines is 1. The summed E-state index contributed by atoms with van der Waals surface area (Å²) in [6.07, 6.45) is -0.570. The zero-order chi connectivity index (χ0) is 20.4. The fraction of sp³-hybridized carbons (Fsp3) is 0.476. The summed E-state index contributed by atoms with van der Waals surface area (Å²) in [7, 11) is 0. The lowest BCUT2D eigenvalue weighted by molar-refractivity contribution is -0.137. The number of halogens is 3. The van der Waals surface area contributed by atoms with E-state index in [2.05, 4.69) is 9.88 Å². The normalized spacial score (nSPS) is 21.4. The van der Waals surface area contributed by atoms with Gasteiger partial charge in [-0.1, -0.05) is 6.07 Å². The summed E-state index contributed by atoms with van der Waals surface area (Å²) in [4.78, 5) is 21.9. The van der Waals surface area contributed by atoms with Crippen LogP contribution in [0.3, 0.4) is 0 Å².